The summed E-state index contributed by atoms with van der Waals surface area (Å²) in [6, 6.07) is 20.7. The number of hydrogen-bond donors (Lipinski definition) is 2. The normalized spacial score (nSPS) is 29.6. The minimum Gasteiger partial charge on any atom is -0.375 e. The Kier molecular flexibility index (Phi) is 4.29. The van der Waals surface area contributed by atoms with Gasteiger partial charge in [-0.15, -0.1) is 0 Å². The zero-order valence-electron chi connectivity index (χ0n) is 16.3. The van der Waals surface area contributed by atoms with Crippen molar-refractivity contribution in [3.63, 3.8) is 0 Å². The second-order valence-electron chi connectivity index (χ2n) is 8.77. The molecule has 0 radical (unpaired) electrons. The second kappa shape index (κ2) is 6.71. The van der Waals surface area contributed by atoms with Crippen molar-refractivity contribution in [2.75, 3.05) is 13.1 Å². The van der Waals surface area contributed by atoms with E-state index in [1.165, 1.54) is 5.56 Å². The van der Waals surface area contributed by atoms with Crippen LogP contribution < -0.4 is 5.32 Å². The highest BCUT2D eigenvalue weighted by molar-refractivity contribution is 5.87. The van der Waals surface area contributed by atoms with Crippen molar-refractivity contribution in [3.8, 4) is 0 Å². The average molecular weight is 377 g/mol. The van der Waals surface area contributed by atoms with E-state index in [2.05, 4.69) is 47.5 Å². The van der Waals surface area contributed by atoms with E-state index in [-0.39, 0.29) is 17.9 Å². The molecular weight excluding hydrogens is 348 g/mol. The molecule has 4 heteroatoms. The Balaban J connectivity index is 1.23. The molecule has 4 nitrogen and oxygen atoms in total. The SMILES string of the molecule is CC(c1ccccc1)N1CC2C(NC(=O)C(O)(c3ccccc3)C3CC3)[C@H]2C1. The van der Waals surface area contributed by atoms with Gasteiger partial charge in [0.1, 0.15) is 0 Å². The van der Waals surface area contributed by atoms with Crippen molar-refractivity contribution in [2.24, 2.45) is 17.8 Å². The lowest BCUT2D eigenvalue weighted by atomic mass is 9.87. The van der Waals surface area contributed by atoms with E-state index in [1.54, 1.807) is 0 Å². The fourth-order valence-electron chi connectivity index (χ4n) is 5.04. The minimum atomic E-state index is -1.38. The van der Waals surface area contributed by atoms with Crippen LogP contribution in [-0.4, -0.2) is 35.0 Å². The van der Waals surface area contributed by atoms with E-state index >= 15 is 0 Å². The predicted molar refractivity (Wildman–Crippen MR) is 108 cm³/mol. The number of fused-ring (bicyclic) bond motifs is 1. The molecule has 1 heterocycles. The zero-order chi connectivity index (χ0) is 19.3. The summed E-state index contributed by atoms with van der Waals surface area (Å²) in [5, 5.41) is 14.5. The summed E-state index contributed by atoms with van der Waals surface area (Å²) in [7, 11) is 0. The monoisotopic (exact) mass is 376 g/mol. The summed E-state index contributed by atoms with van der Waals surface area (Å²) in [5.74, 6) is 0.857. The number of amides is 1. The van der Waals surface area contributed by atoms with Gasteiger partial charge in [0.25, 0.3) is 5.91 Å². The first-order valence-corrected chi connectivity index (χ1v) is 10.5. The van der Waals surface area contributed by atoms with Crippen molar-refractivity contribution in [1.29, 1.82) is 0 Å². The van der Waals surface area contributed by atoms with E-state index in [0.29, 0.717) is 17.9 Å². The molecule has 0 bridgehead atoms. The molecule has 0 spiro atoms. The Morgan fingerprint density at radius 3 is 2.18 bits per heavy atom. The van der Waals surface area contributed by atoms with E-state index in [9.17, 15) is 9.90 Å². The van der Waals surface area contributed by atoms with Crippen molar-refractivity contribution in [2.45, 2.75) is 37.5 Å². The number of piperidine rings is 1. The Morgan fingerprint density at radius 2 is 1.61 bits per heavy atom. The molecule has 2 N–H and O–H groups in total. The highest BCUT2D eigenvalue weighted by Gasteiger charge is 2.59. The van der Waals surface area contributed by atoms with Gasteiger partial charge in [-0.25, -0.2) is 0 Å². The molecule has 2 aliphatic carbocycles. The van der Waals surface area contributed by atoms with Gasteiger partial charge in [-0.05, 0) is 42.7 Å². The van der Waals surface area contributed by atoms with Crippen LogP contribution in [0, 0.1) is 17.8 Å². The third-order valence-corrected chi connectivity index (χ3v) is 7.08. The first kappa shape index (κ1) is 17.9. The molecule has 28 heavy (non-hydrogen) atoms. The topological polar surface area (TPSA) is 52.6 Å². The molecule has 5 rings (SSSR count). The molecule has 4 unspecified atom stereocenters. The number of aliphatic hydroxyl groups is 1. The molecule has 3 fully saturated rings. The van der Waals surface area contributed by atoms with Gasteiger partial charge in [0, 0.05) is 31.1 Å². The molecule has 0 aromatic heterocycles. The molecule has 146 valence electrons. The van der Waals surface area contributed by atoms with Gasteiger partial charge in [-0.2, -0.15) is 0 Å². The molecular formula is C24H28N2O2. The van der Waals surface area contributed by atoms with Crippen LogP contribution in [0.1, 0.15) is 36.9 Å². The number of carbonyl (C=O) groups excluding carboxylic acids is 1. The van der Waals surface area contributed by atoms with Crippen LogP contribution in [-0.2, 0) is 10.4 Å². The lowest BCUT2D eigenvalue weighted by Gasteiger charge is -2.30. The van der Waals surface area contributed by atoms with Gasteiger partial charge in [-0.3, -0.25) is 9.69 Å². The van der Waals surface area contributed by atoms with Gasteiger partial charge in [0.05, 0.1) is 0 Å². The summed E-state index contributed by atoms with van der Waals surface area (Å²) >= 11 is 0. The summed E-state index contributed by atoms with van der Waals surface area (Å²) < 4.78 is 0. The highest BCUT2D eigenvalue weighted by atomic mass is 16.3. The van der Waals surface area contributed by atoms with Crippen LogP contribution in [0.3, 0.4) is 0 Å². The number of hydrogen-bond acceptors (Lipinski definition) is 3. The molecule has 5 atom stereocenters. The second-order valence-corrected chi connectivity index (χ2v) is 8.77. The van der Waals surface area contributed by atoms with Crippen LogP contribution in [0.4, 0.5) is 0 Å². The van der Waals surface area contributed by atoms with E-state index in [4.69, 9.17) is 0 Å². The third kappa shape index (κ3) is 2.96. The summed E-state index contributed by atoms with van der Waals surface area (Å²) in [4.78, 5) is 15.6. The Morgan fingerprint density at radius 1 is 1.04 bits per heavy atom. The van der Waals surface area contributed by atoms with Crippen molar-refractivity contribution >= 4 is 5.91 Å². The van der Waals surface area contributed by atoms with Crippen LogP contribution in [0.25, 0.3) is 0 Å². The van der Waals surface area contributed by atoms with Gasteiger partial charge in [-0.1, -0.05) is 60.7 Å². The fraction of sp³-hybridized carbons (Fsp3) is 0.458. The molecule has 2 aromatic carbocycles. The highest BCUT2D eigenvalue weighted by Crippen LogP contribution is 2.50. The Hall–Kier alpha value is -2.17. The van der Waals surface area contributed by atoms with Gasteiger partial charge >= 0.3 is 0 Å². The lowest BCUT2D eigenvalue weighted by Crippen LogP contribution is -2.48. The van der Waals surface area contributed by atoms with E-state index < -0.39 is 5.60 Å². The quantitative estimate of drug-likeness (QED) is 0.815. The van der Waals surface area contributed by atoms with Gasteiger partial charge < -0.3 is 10.4 Å². The maximum atomic E-state index is 13.1. The molecule has 1 aliphatic heterocycles. The van der Waals surface area contributed by atoms with E-state index in [0.717, 1.165) is 31.5 Å². The number of nitrogens with zero attached hydrogens (tertiary/aromatic N) is 1. The largest absolute Gasteiger partial charge is 0.375 e. The number of rotatable bonds is 6. The summed E-state index contributed by atoms with van der Waals surface area (Å²) in [5.41, 5.74) is 0.687. The number of carbonyl (C=O) groups is 1. The minimum absolute atomic E-state index is 0.0445. The van der Waals surface area contributed by atoms with Gasteiger partial charge in [0.15, 0.2) is 5.60 Å². The number of likely N-dealkylation sites (tertiary alicyclic amines) is 1. The lowest BCUT2D eigenvalue weighted by molar-refractivity contribution is -0.143. The number of nitrogens with one attached hydrogen (secondary N) is 1. The van der Waals surface area contributed by atoms with Crippen LogP contribution >= 0.6 is 0 Å². The summed E-state index contributed by atoms with van der Waals surface area (Å²) in [6.45, 7) is 4.28. The molecule has 2 saturated carbocycles. The first-order chi connectivity index (χ1) is 13.6. The fourth-order valence-corrected chi connectivity index (χ4v) is 5.04. The molecule has 2 aromatic rings. The zero-order valence-corrected chi connectivity index (χ0v) is 16.3. The maximum absolute atomic E-state index is 13.1. The molecule has 3 aliphatic rings. The Bertz CT molecular complexity index is 839. The number of benzene rings is 2. The first-order valence-electron chi connectivity index (χ1n) is 10.5. The Labute approximate surface area is 166 Å². The van der Waals surface area contributed by atoms with Crippen LogP contribution in [0.5, 0.6) is 0 Å². The van der Waals surface area contributed by atoms with Gasteiger partial charge in [0.2, 0.25) is 0 Å². The summed E-state index contributed by atoms with van der Waals surface area (Å²) in [6.07, 6.45) is 1.83. The molecule has 1 saturated heterocycles. The predicted octanol–water partition coefficient (Wildman–Crippen LogP) is 3.09. The standard InChI is InChI=1S/C24H28N2O2/c1-16(17-8-4-2-5-9-17)26-14-20-21(15-26)22(20)25-23(27)24(28,19-12-13-19)18-10-6-3-7-11-18/h2-11,16,19-22,28H,12-15H2,1H3,(H,25,27)/t16?,20-,21?,22?,24?/m0/s1. The van der Waals surface area contributed by atoms with Crippen molar-refractivity contribution in [3.05, 3.63) is 71.8 Å². The average Bonchev–Trinajstić information content (AvgIpc) is 3.65. The maximum Gasteiger partial charge on any atom is 0.257 e. The van der Waals surface area contributed by atoms with Crippen LogP contribution in [0.2, 0.25) is 0 Å². The molecule has 1 amide bonds. The van der Waals surface area contributed by atoms with Crippen molar-refractivity contribution in [1.82, 2.24) is 10.2 Å². The smallest absolute Gasteiger partial charge is 0.257 e. The van der Waals surface area contributed by atoms with Crippen molar-refractivity contribution < 1.29 is 9.90 Å². The van der Waals surface area contributed by atoms with Crippen LogP contribution in [0.15, 0.2) is 60.7 Å². The third-order valence-electron chi connectivity index (χ3n) is 7.08. The van der Waals surface area contributed by atoms with E-state index in [1.807, 2.05) is 30.3 Å².